The van der Waals surface area contributed by atoms with Gasteiger partial charge in [0.2, 0.25) is 11.6 Å². The molecule has 1 aliphatic carbocycles. The van der Waals surface area contributed by atoms with Gasteiger partial charge in [0.15, 0.2) is 6.10 Å². The van der Waals surface area contributed by atoms with Crippen LogP contribution >= 0.6 is 0 Å². The van der Waals surface area contributed by atoms with E-state index in [0.29, 0.717) is 17.7 Å². The molecule has 0 aromatic heterocycles. The molecule has 0 saturated carbocycles. The van der Waals surface area contributed by atoms with Crippen molar-refractivity contribution in [1.29, 1.82) is 0 Å². The molecular formula is C36H47N3O9. The molecule has 12 heteroatoms. The van der Waals surface area contributed by atoms with Crippen LogP contribution in [-0.2, 0) is 35.1 Å². The number of nitrogens with one attached hydrogen (secondary N) is 2. The second-order valence-corrected chi connectivity index (χ2v) is 12.1. The first-order valence-corrected chi connectivity index (χ1v) is 15.7. The second kappa shape index (κ2) is 17.6. The summed E-state index contributed by atoms with van der Waals surface area (Å²) >= 11 is 0. The molecule has 48 heavy (non-hydrogen) atoms. The highest BCUT2D eigenvalue weighted by atomic mass is 16.6. The quantitative estimate of drug-likeness (QED) is 0.249. The van der Waals surface area contributed by atoms with Gasteiger partial charge in [-0.2, -0.15) is 0 Å². The largest absolute Gasteiger partial charge is 0.496 e. The summed E-state index contributed by atoms with van der Waals surface area (Å²) in [6.07, 6.45) is 3.65. The third kappa shape index (κ3) is 9.75. The summed E-state index contributed by atoms with van der Waals surface area (Å²) in [5, 5.41) is 17.1. The Labute approximate surface area is 281 Å². The molecule has 12 nitrogen and oxygen atoms in total. The molecule has 2 amide bonds. The van der Waals surface area contributed by atoms with E-state index in [1.807, 2.05) is 25.1 Å². The third-order valence-electron chi connectivity index (χ3n) is 8.44. The highest BCUT2D eigenvalue weighted by Gasteiger charge is 2.33. The lowest BCUT2D eigenvalue weighted by molar-refractivity contribution is -0.120. The van der Waals surface area contributed by atoms with Crippen LogP contribution in [0.3, 0.4) is 0 Å². The van der Waals surface area contributed by atoms with Crippen molar-refractivity contribution in [2.24, 2.45) is 17.6 Å². The summed E-state index contributed by atoms with van der Waals surface area (Å²) in [7, 11) is 4.48. The van der Waals surface area contributed by atoms with E-state index in [2.05, 4.69) is 10.6 Å². The molecule has 6 atom stereocenters. The fourth-order valence-electron chi connectivity index (χ4n) is 5.81. The van der Waals surface area contributed by atoms with Crippen LogP contribution in [0, 0.1) is 11.8 Å². The standard InChI is InChI=1S/C36H47N3O9/c1-20-15-25-31(38-19-24-12-8-9-13-28(24)45-5)27(40)18-26(33(25)42)39-35(43)21(2)11-10-14-29(46-6)34(48-36(37)44)23(4)17-22(3)32(41)30(16-20)47-7/h8-14,17-18,20,22,29-30,32,34,38,41H,15-16,19H2,1-7H3,(H2,37,44)(H,39,43)/b14-10-,21-11+,23-17+/t20-,22+,29+,30+,32-,34+/m1/s1. The lowest BCUT2D eigenvalue weighted by Gasteiger charge is -2.30. The number of ether oxygens (including phenoxy) is 4. The molecule has 5 N–H and O–H groups in total. The molecule has 0 fully saturated rings. The van der Waals surface area contributed by atoms with Gasteiger partial charge in [-0.25, -0.2) is 4.79 Å². The first-order chi connectivity index (χ1) is 22.8. The van der Waals surface area contributed by atoms with Gasteiger partial charge < -0.3 is 40.4 Å². The topological polar surface area (TPSA) is 176 Å². The number of rotatable bonds is 7. The number of fused-ring (bicyclic) bond motifs is 2. The van der Waals surface area contributed by atoms with Crippen molar-refractivity contribution >= 4 is 23.6 Å². The monoisotopic (exact) mass is 665 g/mol. The van der Waals surface area contributed by atoms with Gasteiger partial charge in [-0.3, -0.25) is 14.4 Å². The molecule has 0 saturated heterocycles. The molecule has 0 radical (unpaired) electrons. The fraction of sp³-hybridized carbons (Fsp3) is 0.444. The highest BCUT2D eigenvalue weighted by molar-refractivity contribution is 6.23. The van der Waals surface area contributed by atoms with Crippen molar-refractivity contribution in [3.05, 3.63) is 88.3 Å². The molecule has 1 aromatic rings. The Morgan fingerprint density at radius 3 is 2.44 bits per heavy atom. The van der Waals surface area contributed by atoms with Crippen LogP contribution in [0.15, 0.2) is 82.8 Å². The molecule has 260 valence electrons. The minimum Gasteiger partial charge on any atom is -0.496 e. The van der Waals surface area contributed by atoms with Crippen LogP contribution in [0.4, 0.5) is 4.79 Å². The Kier molecular flexibility index (Phi) is 13.9. The van der Waals surface area contributed by atoms with Crippen LogP contribution in [0.2, 0.25) is 0 Å². The Morgan fingerprint density at radius 1 is 1.08 bits per heavy atom. The van der Waals surface area contributed by atoms with E-state index in [0.717, 1.165) is 11.6 Å². The Bertz CT molecular complexity index is 1520. The van der Waals surface area contributed by atoms with Crippen LogP contribution in [-0.4, -0.2) is 74.4 Å². The van der Waals surface area contributed by atoms with Gasteiger partial charge in [-0.15, -0.1) is 0 Å². The average molecular weight is 666 g/mol. The molecule has 3 rings (SSSR count). The van der Waals surface area contributed by atoms with E-state index in [-0.39, 0.29) is 41.4 Å². The Morgan fingerprint density at radius 2 is 1.79 bits per heavy atom. The number of aliphatic hydroxyl groups is 1. The molecule has 1 heterocycles. The number of Topliss-reactive ketones (excluding diaryl/α,β-unsaturated/α-hetero) is 1. The number of amides is 2. The maximum Gasteiger partial charge on any atom is 0.405 e. The summed E-state index contributed by atoms with van der Waals surface area (Å²) in [5.41, 5.74) is 7.17. The van der Waals surface area contributed by atoms with E-state index >= 15 is 0 Å². The van der Waals surface area contributed by atoms with Gasteiger partial charge in [0.25, 0.3) is 5.91 Å². The number of hydrogen-bond donors (Lipinski definition) is 4. The zero-order valence-electron chi connectivity index (χ0n) is 28.6. The van der Waals surface area contributed by atoms with Crippen LogP contribution in [0.1, 0.15) is 46.1 Å². The van der Waals surface area contributed by atoms with E-state index < -0.39 is 53.9 Å². The normalized spacial score (nSPS) is 29.1. The first kappa shape index (κ1) is 37.9. The van der Waals surface area contributed by atoms with Gasteiger partial charge in [0.1, 0.15) is 11.9 Å². The van der Waals surface area contributed by atoms with Crippen molar-refractivity contribution in [1.82, 2.24) is 10.6 Å². The number of nitrogens with two attached hydrogens (primary N) is 1. The smallest absolute Gasteiger partial charge is 0.405 e. The van der Waals surface area contributed by atoms with E-state index in [9.17, 15) is 24.3 Å². The predicted octanol–water partition coefficient (Wildman–Crippen LogP) is 3.56. The summed E-state index contributed by atoms with van der Waals surface area (Å²) in [4.78, 5) is 52.4. The molecule has 1 aliphatic heterocycles. The molecular weight excluding hydrogens is 618 g/mol. The predicted molar refractivity (Wildman–Crippen MR) is 179 cm³/mol. The molecule has 0 unspecified atom stereocenters. The number of para-hydroxylation sites is 1. The number of allylic oxidation sites excluding steroid dienone is 4. The van der Waals surface area contributed by atoms with Crippen LogP contribution in [0.5, 0.6) is 5.75 Å². The minimum atomic E-state index is -1.01. The van der Waals surface area contributed by atoms with Gasteiger partial charge in [-0.1, -0.05) is 56.4 Å². The zero-order valence-corrected chi connectivity index (χ0v) is 28.6. The second-order valence-electron chi connectivity index (χ2n) is 12.1. The molecule has 2 aliphatic rings. The lowest BCUT2D eigenvalue weighted by atomic mass is 9.85. The van der Waals surface area contributed by atoms with Crippen LogP contribution in [0.25, 0.3) is 0 Å². The van der Waals surface area contributed by atoms with Gasteiger partial charge in [0, 0.05) is 49.5 Å². The summed E-state index contributed by atoms with van der Waals surface area (Å²) in [6, 6.07) is 7.33. The number of carbonyl (C=O) groups is 4. The van der Waals surface area contributed by atoms with Crippen molar-refractivity contribution in [3.63, 3.8) is 0 Å². The van der Waals surface area contributed by atoms with E-state index in [4.69, 9.17) is 24.7 Å². The Hall–Kier alpha value is -4.52. The van der Waals surface area contributed by atoms with Crippen molar-refractivity contribution in [2.75, 3.05) is 21.3 Å². The van der Waals surface area contributed by atoms with E-state index in [1.54, 1.807) is 52.2 Å². The van der Waals surface area contributed by atoms with Crippen molar-refractivity contribution < 1.29 is 43.2 Å². The fourth-order valence-corrected chi connectivity index (χ4v) is 5.81. The van der Waals surface area contributed by atoms with Gasteiger partial charge >= 0.3 is 6.09 Å². The third-order valence-corrected chi connectivity index (χ3v) is 8.44. The Balaban J connectivity index is 2.07. The lowest BCUT2D eigenvalue weighted by Crippen LogP contribution is -2.37. The average Bonchev–Trinajstić information content (AvgIpc) is 3.05. The summed E-state index contributed by atoms with van der Waals surface area (Å²) in [5.74, 6) is -1.63. The molecule has 2 bridgehead atoms. The summed E-state index contributed by atoms with van der Waals surface area (Å²) in [6.45, 7) is 7.20. The number of benzene rings is 1. The molecule has 0 spiro atoms. The van der Waals surface area contributed by atoms with E-state index in [1.165, 1.54) is 20.3 Å². The van der Waals surface area contributed by atoms with Crippen LogP contribution < -0.4 is 21.1 Å². The number of aliphatic hydroxyl groups excluding tert-OH is 1. The van der Waals surface area contributed by atoms with Gasteiger partial charge in [-0.05, 0) is 44.2 Å². The minimum absolute atomic E-state index is 0.129. The van der Waals surface area contributed by atoms with Crippen molar-refractivity contribution in [3.8, 4) is 5.75 Å². The maximum absolute atomic E-state index is 13.9. The highest BCUT2D eigenvalue weighted by Crippen LogP contribution is 2.29. The maximum atomic E-state index is 13.9. The van der Waals surface area contributed by atoms with Crippen molar-refractivity contribution in [2.45, 2.75) is 71.5 Å². The number of carbonyl (C=O) groups excluding carboxylic acids is 4. The number of ketones is 2. The number of hydrogen-bond acceptors (Lipinski definition) is 10. The van der Waals surface area contributed by atoms with Gasteiger partial charge in [0.05, 0.1) is 30.7 Å². The zero-order chi connectivity index (χ0) is 35.5. The molecule has 1 aromatic carbocycles. The first-order valence-electron chi connectivity index (χ1n) is 15.7. The summed E-state index contributed by atoms with van der Waals surface area (Å²) < 4.78 is 22.1. The number of methoxy groups -OCH3 is 3. The number of primary amides is 1. The SMILES string of the molecule is COc1ccccc1CNC1=C2C[C@@H](C)C[C@H](OC)[C@H](O)[C@@H](C)/C=C(\C)[C@H](OC(N)=O)[C@@H](OC)/C=C\C=C(/C)C(=O)NC(=CC1=O)C2=O.